The SMILES string of the molecule is Cn1c(=O)[nH]c(=O)c2c1nc(Cl)n2Cc1ccc(Br)cc1. The second-order valence-electron chi connectivity index (χ2n) is 4.58. The normalized spacial score (nSPS) is 11.2. The van der Waals surface area contributed by atoms with E-state index >= 15 is 0 Å². The van der Waals surface area contributed by atoms with E-state index in [0.717, 1.165) is 10.0 Å². The van der Waals surface area contributed by atoms with Crippen molar-refractivity contribution in [1.29, 1.82) is 0 Å². The molecule has 0 amide bonds. The zero-order valence-corrected chi connectivity index (χ0v) is 13.3. The van der Waals surface area contributed by atoms with Crippen LogP contribution in [0.2, 0.25) is 5.28 Å². The van der Waals surface area contributed by atoms with E-state index in [1.807, 2.05) is 24.3 Å². The van der Waals surface area contributed by atoms with Crippen LogP contribution >= 0.6 is 27.5 Å². The van der Waals surface area contributed by atoms with Gasteiger partial charge in [-0.25, -0.2) is 4.79 Å². The van der Waals surface area contributed by atoms with E-state index in [1.165, 1.54) is 11.6 Å². The Morgan fingerprint density at radius 2 is 1.95 bits per heavy atom. The number of hydrogen-bond donors (Lipinski definition) is 1. The van der Waals surface area contributed by atoms with Crippen LogP contribution in [-0.4, -0.2) is 19.1 Å². The van der Waals surface area contributed by atoms with E-state index < -0.39 is 11.2 Å². The number of rotatable bonds is 2. The lowest BCUT2D eigenvalue weighted by atomic mass is 10.2. The molecule has 3 aromatic rings. The maximum Gasteiger partial charge on any atom is 0.329 e. The Labute approximate surface area is 132 Å². The zero-order valence-electron chi connectivity index (χ0n) is 10.9. The van der Waals surface area contributed by atoms with Gasteiger partial charge < -0.3 is 4.57 Å². The summed E-state index contributed by atoms with van der Waals surface area (Å²) < 4.78 is 3.81. The third-order valence-electron chi connectivity index (χ3n) is 3.21. The quantitative estimate of drug-likeness (QED) is 0.701. The molecular weight excluding hydrogens is 360 g/mol. The number of hydrogen-bond acceptors (Lipinski definition) is 3. The van der Waals surface area contributed by atoms with Gasteiger partial charge in [-0.15, -0.1) is 0 Å². The highest BCUT2D eigenvalue weighted by molar-refractivity contribution is 9.10. The molecule has 6 nitrogen and oxygen atoms in total. The Hall–Kier alpha value is -1.86. The molecule has 0 aliphatic carbocycles. The van der Waals surface area contributed by atoms with Crippen molar-refractivity contribution in [3.63, 3.8) is 0 Å². The van der Waals surface area contributed by atoms with Crippen molar-refractivity contribution >= 4 is 38.7 Å². The van der Waals surface area contributed by atoms with Crippen LogP contribution in [-0.2, 0) is 13.6 Å². The third kappa shape index (κ3) is 2.43. The number of halogens is 2. The van der Waals surface area contributed by atoms with Gasteiger partial charge in [-0.2, -0.15) is 4.98 Å². The first kappa shape index (κ1) is 14.1. The highest BCUT2D eigenvalue weighted by Gasteiger charge is 2.16. The molecule has 0 aliphatic rings. The van der Waals surface area contributed by atoms with Crippen LogP contribution in [0.4, 0.5) is 0 Å². The molecule has 108 valence electrons. The molecule has 0 radical (unpaired) electrons. The van der Waals surface area contributed by atoms with E-state index in [0.29, 0.717) is 6.54 Å². The van der Waals surface area contributed by atoms with Crippen molar-refractivity contribution in [2.75, 3.05) is 0 Å². The van der Waals surface area contributed by atoms with Gasteiger partial charge in [-0.05, 0) is 29.3 Å². The van der Waals surface area contributed by atoms with Crippen molar-refractivity contribution < 1.29 is 0 Å². The van der Waals surface area contributed by atoms with Crippen LogP contribution in [0.3, 0.4) is 0 Å². The van der Waals surface area contributed by atoms with Crippen molar-refractivity contribution in [1.82, 2.24) is 19.1 Å². The molecule has 1 N–H and O–H groups in total. The first-order chi connectivity index (χ1) is 9.97. The summed E-state index contributed by atoms with van der Waals surface area (Å²) in [6.45, 7) is 0.393. The molecule has 0 saturated heterocycles. The van der Waals surface area contributed by atoms with Gasteiger partial charge in [0.15, 0.2) is 11.2 Å². The Bertz CT molecular complexity index is 940. The van der Waals surface area contributed by atoms with Crippen LogP contribution in [0.5, 0.6) is 0 Å². The fraction of sp³-hybridized carbons (Fsp3) is 0.154. The monoisotopic (exact) mass is 368 g/mol. The number of H-pyrrole nitrogens is 1. The number of imidazole rings is 1. The fourth-order valence-corrected chi connectivity index (χ4v) is 2.61. The topological polar surface area (TPSA) is 72.7 Å². The van der Waals surface area contributed by atoms with Gasteiger partial charge in [0, 0.05) is 11.5 Å². The van der Waals surface area contributed by atoms with Crippen molar-refractivity contribution in [2.24, 2.45) is 7.05 Å². The van der Waals surface area contributed by atoms with Gasteiger partial charge in [0.05, 0.1) is 6.54 Å². The number of benzene rings is 1. The minimum Gasteiger partial charge on any atom is -0.304 e. The van der Waals surface area contributed by atoms with Gasteiger partial charge in [-0.1, -0.05) is 28.1 Å². The Morgan fingerprint density at radius 1 is 1.29 bits per heavy atom. The van der Waals surface area contributed by atoms with E-state index in [4.69, 9.17) is 11.6 Å². The molecular formula is C13H10BrClN4O2. The summed E-state index contributed by atoms with van der Waals surface area (Å²) in [6, 6.07) is 7.65. The standard InChI is InChI=1S/C13H10BrClN4O2/c1-18-10-9(11(20)17-13(18)21)19(12(15)16-10)6-7-2-4-8(14)5-3-7/h2-5H,6H2,1H3,(H,17,20,21). The fourth-order valence-electron chi connectivity index (χ4n) is 2.12. The molecule has 0 spiro atoms. The average Bonchev–Trinajstić information content (AvgIpc) is 2.77. The number of aryl methyl sites for hydroxylation is 1. The van der Waals surface area contributed by atoms with Gasteiger partial charge in [0.2, 0.25) is 5.28 Å². The van der Waals surface area contributed by atoms with Crippen LogP contribution in [0, 0.1) is 0 Å². The van der Waals surface area contributed by atoms with Crippen molar-refractivity contribution in [3.8, 4) is 0 Å². The molecule has 1 aromatic carbocycles. The molecule has 3 rings (SSSR count). The van der Waals surface area contributed by atoms with E-state index in [1.54, 1.807) is 4.57 Å². The summed E-state index contributed by atoms with van der Waals surface area (Å²) in [4.78, 5) is 30.0. The van der Waals surface area contributed by atoms with Crippen LogP contribution in [0.25, 0.3) is 11.2 Å². The predicted octanol–water partition coefficient (Wildman–Crippen LogP) is 1.89. The van der Waals surface area contributed by atoms with Gasteiger partial charge in [0.25, 0.3) is 5.56 Å². The minimum atomic E-state index is -0.516. The highest BCUT2D eigenvalue weighted by Crippen LogP contribution is 2.18. The largest absolute Gasteiger partial charge is 0.329 e. The molecule has 2 aromatic heterocycles. The van der Waals surface area contributed by atoms with Gasteiger partial charge >= 0.3 is 5.69 Å². The number of nitrogens with one attached hydrogen (secondary N) is 1. The number of fused-ring (bicyclic) bond motifs is 1. The van der Waals surface area contributed by atoms with Gasteiger partial charge in [0.1, 0.15) is 0 Å². The summed E-state index contributed by atoms with van der Waals surface area (Å²) >= 11 is 9.49. The Kier molecular flexibility index (Phi) is 3.46. The molecule has 0 aliphatic heterocycles. The molecule has 21 heavy (non-hydrogen) atoms. The summed E-state index contributed by atoms with van der Waals surface area (Å²) in [7, 11) is 1.54. The van der Waals surface area contributed by atoms with Gasteiger partial charge in [-0.3, -0.25) is 14.3 Å². The second-order valence-corrected chi connectivity index (χ2v) is 5.84. The van der Waals surface area contributed by atoms with E-state index in [2.05, 4.69) is 25.9 Å². The highest BCUT2D eigenvalue weighted by atomic mass is 79.9. The van der Waals surface area contributed by atoms with Crippen LogP contribution in [0.1, 0.15) is 5.56 Å². The molecule has 0 bridgehead atoms. The van der Waals surface area contributed by atoms with Crippen molar-refractivity contribution in [3.05, 3.63) is 60.4 Å². The van der Waals surface area contributed by atoms with E-state index in [9.17, 15) is 9.59 Å². The first-order valence-corrected chi connectivity index (χ1v) is 7.24. The summed E-state index contributed by atoms with van der Waals surface area (Å²) in [5, 5.41) is 0.166. The summed E-state index contributed by atoms with van der Waals surface area (Å²) in [5.41, 5.74) is 0.505. The molecule has 2 heterocycles. The molecule has 8 heteroatoms. The summed E-state index contributed by atoms with van der Waals surface area (Å²) in [6.07, 6.45) is 0. The summed E-state index contributed by atoms with van der Waals surface area (Å²) in [5.74, 6) is 0. The zero-order chi connectivity index (χ0) is 15.1. The Morgan fingerprint density at radius 3 is 2.62 bits per heavy atom. The lowest BCUT2D eigenvalue weighted by Gasteiger charge is -2.06. The maximum atomic E-state index is 12.0. The number of aromatic amines is 1. The molecule has 0 fully saturated rings. The maximum absolute atomic E-state index is 12.0. The second kappa shape index (κ2) is 5.16. The number of nitrogens with zero attached hydrogens (tertiary/aromatic N) is 3. The lowest BCUT2D eigenvalue weighted by Crippen LogP contribution is -2.29. The first-order valence-electron chi connectivity index (χ1n) is 6.07. The van der Waals surface area contributed by atoms with Crippen LogP contribution in [0.15, 0.2) is 38.3 Å². The molecule has 0 unspecified atom stereocenters. The van der Waals surface area contributed by atoms with E-state index in [-0.39, 0.29) is 16.4 Å². The lowest BCUT2D eigenvalue weighted by molar-refractivity contribution is 0.807. The van der Waals surface area contributed by atoms with Crippen molar-refractivity contribution in [2.45, 2.75) is 6.54 Å². The van der Waals surface area contributed by atoms with Crippen LogP contribution < -0.4 is 11.2 Å². The Balaban J connectivity index is 2.21. The minimum absolute atomic E-state index is 0.166. The smallest absolute Gasteiger partial charge is 0.304 e. The molecule has 0 atom stereocenters. The molecule has 0 saturated carbocycles. The number of aromatic nitrogens is 4. The third-order valence-corrected chi connectivity index (χ3v) is 4.03. The average molecular weight is 370 g/mol. The predicted molar refractivity (Wildman–Crippen MR) is 83.8 cm³/mol.